The minimum atomic E-state index is 1.19. The molecule has 6 rings (SSSR count). The fourth-order valence-electron chi connectivity index (χ4n) is 4.67. The predicted octanol–water partition coefficient (Wildman–Crippen LogP) is 4.58. The average molecular weight is 316 g/mol. The monoisotopic (exact) mass is 316 g/mol. The van der Waals surface area contributed by atoms with Gasteiger partial charge in [-0.2, -0.15) is 0 Å². The van der Waals surface area contributed by atoms with Gasteiger partial charge >= 0.3 is 0 Å². The molecule has 0 amide bonds. The van der Waals surface area contributed by atoms with Crippen molar-refractivity contribution in [3.63, 3.8) is 0 Å². The summed E-state index contributed by atoms with van der Waals surface area (Å²) >= 11 is 0. The summed E-state index contributed by atoms with van der Waals surface area (Å²) in [6.45, 7) is 3.73. The summed E-state index contributed by atoms with van der Waals surface area (Å²) in [5.41, 5.74) is 7.71. The maximum absolute atomic E-state index is 2.55. The molecular formula is C22H24N2. The molecule has 2 heteroatoms. The van der Waals surface area contributed by atoms with Crippen molar-refractivity contribution in [1.29, 1.82) is 0 Å². The molecule has 2 nitrogen and oxygen atoms in total. The van der Waals surface area contributed by atoms with Crippen LogP contribution in [0.15, 0.2) is 48.7 Å². The SMILES string of the molecule is c1cc2c3c(c1)CCN3CCC2.c1cc2c3c(c1)ccn3CCC2. The van der Waals surface area contributed by atoms with Crippen molar-refractivity contribution in [3.05, 3.63) is 65.4 Å². The van der Waals surface area contributed by atoms with Crippen LogP contribution in [-0.2, 0) is 25.8 Å². The Morgan fingerprint density at radius 2 is 1.42 bits per heavy atom. The Bertz CT molecular complexity index is 890. The third-order valence-electron chi connectivity index (χ3n) is 5.76. The van der Waals surface area contributed by atoms with E-state index in [1.165, 1.54) is 68.2 Å². The Kier molecular flexibility index (Phi) is 3.36. The lowest BCUT2D eigenvalue weighted by molar-refractivity contribution is 0.636. The van der Waals surface area contributed by atoms with E-state index in [-0.39, 0.29) is 0 Å². The van der Waals surface area contributed by atoms with Crippen LogP contribution in [-0.4, -0.2) is 17.7 Å². The Balaban J connectivity index is 0.000000109. The third kappa shape index (κ3) is 2.24. The van der Waals surface area contributed by atoms with Gasteiger partial charge < -0.3 is 9.47 Å². The van der Waals surface area contributed by atoms with Crippen molar-refractivity contribution in [2.45, 2.75) is 38.6 Å². The number of anilines is 1. The molecule has 0 radical (unpaired) electrons. The molecule has 3 aliphatic heterocycles. The van der Waals surface area contributed by atoms with Gasteiger partial charge in [-0.05, 0) is 60.2 Å². The topological polar surface area (TPSA) is 8.17 Å². The van der Waals surface area contributed by atoms with Crippen LogP contribution in [0.1, 0.15) is 29.5 Å². The second-order valence-corrected chi connectivity index (χ2v) is 7.23. The first-order valence-corrected chi connectivity index (χ1v) is 9.32. The molecule has 3 aliphatic rings. The van der Waals surface area contributed by atoms with Gasteiger partial charge in [0.2, 0.25) is 0 Å². The van der Waals surface area contributed by atoms with E-state index in [4.69, 9.17) is 0 Å². The van der Waals surface area contributed by atoms with Crippen molar-refractivity contribution in [1.82, 2.24) is 4.57 Å². The van der Waals surface area contributed by atoms with Gasteiger partial charge in [0.15, 0.2) is 0 Å². The number of nitrogens with zero attached hydrogens (tertiary/aromatic N) is 2. The number of aryl methyl sites for hydroxylation is 3. The largest absolute Gasteiger partial charge is 0.371 e. The second-order valence-electron chi connectivity index (χ2n) is 7.23. The Labute approximate surface area is 143 Å². The minimum absolute atomic E-state index is 1.19. The summed E-state index contributed by atoms with van der Waals surface area (Å²) in [6.07, 6.45) is 8.65. The highest BCUT2D eigenvalue weighted by Crippen LogP contribution is 2.35. The first kappa shape index (κ1) is 14.2. The molecule has 0 saturated carbocycles. The second kappa shape index (κ2) is 5.70. The highest BCUT2D eigenvalue weighted by atomic mass is 15.2. The Morgan fingerprint density at radius 1 is 0.667 bits per heavy atom. The van der Waals surface area contributed by atoms with Crippen molar-refractivity contribution in [2.75, 3.05) is 18.0 Å². The fraction of sp³-hybridized carbons (Fsp3) is 0.364. The Hall–Kier alpha value is -2.22. The standard InChI is InChI=1S/C11H13N.C11H11N/c2*1-3-9-5-2-7-12-8-6-10(4-1)11(9)12/h1,3-4H,2,5-8H2;1,3-4,6,8H,2,5,7H2. The van der Waals surface area contributed by atoms with E-state index in [0.29, 0.717) is 0 Å². The van der Waals surface area contributed by atoms with E-state index >= 15 is 0 Å². The molecule has 24 heavy (non-hydrogen) atoms. The molecule has 3 aromatic rings. The number of benzene rings is 2. The van der Waals surface area contributed by atoms with Gasteiger partial charge in [0, 0.05) is 31.5 Å². The molecule has 1 aromatic heterocycles. The average Bonchev–Trinajstić information content (AvgIpc) is 3.24. The first-order chi connectivity index (χ1) is 11.9. The van der Waals surface area contributed by atoms with Gasteiger partial charge in [0.05, 0.1) is 5.52 Å². The van der Waals surface area contributed by atoms with E-state index in [1.807, 2.05) is 0 Å². The van der Waals surface area contributed by atoms with Crippen LogP contribution in [0.3, 0.4) is 0 Å². The van der Waals surface area contributed by atoms with E-state index in [9.17, 15) is 0 Å². The van der Waals surface area contributed by atoms with Crippen LogP contribution in [0.5, 0.6) is 0 Å². The number of hydrogen-bond acceptors (Lipinski definition) is 1. The Morgan fingerprint density at radius 3 is 2.38 bits per heavy atom. The lowest BCUT2D eigenvalue weighted by Gasteiger charge is -2.26. The quantitative estimate of drug-likeness (QED) is 0.589. The highest BCUT2D eigenvalue weighted by Gasteiger charge is 2.24. The first-order valence-electron chi connectivity index (χ1n) is 9.32. The third-order valence-corrected chi connectivity index (χ3v) is 5.76. The van der Waals surface area contributed by atoms with Crippen LogP contribution >= 0.6 is 0 Å². The summed E-state index contributed by atoms with van der Waals surface area (Å²) in [4.78, 5) is 2.55. The zero-order valence-electron chi connectivity index (χ0n) is 14.2. The molecule has 0 spiro atoms. The highest BCUT2D eigenvalue weighted by molar-refractivity contribution is 5.83. The summed E-state index contributed by atoms with van der Waals surface area (Å²) in [5.74, 6) is 0. The molecule has 0 fully saturated rings. The van der Waals surface area contributed by atoms with Crippen molar-refractivity contribution >= 4 is 16.6 Å². The zero-order chi connectivity index (χ0) is 15.9. The summed E-state index contributed by atoms with van der Waals surface area (Å²) < 4.78 is 2.37. The molecule has 0 unspecified atom stereocenters. The van der Waals surface area contributed by atoms with Gasteiger partial charge in [-0.15, -0.1) is 0 Å². The van der Waals surface area contributed by atoms with Crippen molar-refractivity contribution in [3.8, 4) is 0 Å². The predicted molar refractivity (Wildman–Crippen MR) is 101 cm³/mol. The summed E-state index contributed by atoms with van der Waals surface area (Å²) in [7, 11) is 0. The summed E-state index contributed by atoms with van der Waals surface area (Å²) in [6, 6.07) is 15.6. The smallest absolute Gasteiger partial charge is 0.0512 e. The molecule has 122 valence electrons. The maximum atomic E-state index is 2.55. The van der Waals surface area contributed by atoms with Crippen LogP contribution in [0.25, 0.3) is 10.9 Å². The van der Waals surface area contributed by atoms with Crippen LogP contribution < -0.4 is 4.90 Å². The van der Waals surface area contributed by atoms with E-state index < -0.39 is 0 Å². The van der Waals surface area contributed by atoms with E-state index in [2.05, 4.69) is 58.1 Å². The molecular weight excluding hydrogens is 292 g/mol. The number of rotatable bonds is 0. The zero-order valence-corrected chi connectivity index (χ0v) is 14.2. The lowest BCUT2D eigenvalue weighted by atomic mass is 10.0. The van der Waals surface area contributed by atoms with E-state index in [1.54, 1.807) is 16.8 Å². The lowest BCUT2D eigenvalue weighted by Crippen LogP contribution is -2.26. The minimum Gasteiger partial charge on any atom is -0.371 e. The van der Waals surface area contributed by atoms with Crippen LogP contribution in [0, 0.1) is 0 Å². The normalized spacial score (nSPS) is 17.4. The number of hydrogen-bond donors (Lipinski definition) is 0. The molecule has 2 aromatic carbocycles. The number of aromatic nitrogens is 1. The molecule has 4 heterocycles. The van der Waals surface area contributed by atoms with Gasteiger partial charge in [0.1, 0.15) is 0 Å². The van der Waals surface area contributed by atoms with Crippen LogP contribution in [0.2, 0.25) is 0 Å². The molecule has 0 N–H and O–H groups in total. The van der Waals surface area contributed by atoms with E-state index in [0.717, 1.165) is 0 Å². The fourth-order valence-corrected chi connectivity index (χ4v) is 4.67. The van der Waals surface area contributed by atoms with Crippen LogP contribution in [0.4, 0.5) is 5.69 Å². The van der Waals surface area contributed by atoms with Gasteiger partial charge in [0.25, 0.3) is 0 Å². The molecule has 0 saturated heterocycles. The summed E-state index contributed by atoms with van der Waals surface area (Å²) in [5, 5.41) is 1.40. The number of para-hydroxylation sites is 2. The molecule has 0 aliphatic carbocycles. The van der Waals surface area contributed by atoms with Crippen molar-refractivity contribution in [2.24, 2.45) is 0 Å². The van der Waals surface area contributed by atoms with Gasteiger partial charge in [-0.1, -0.05) is 36.4 Å². The maximum Gasteiger partial charge on any atom is 0.0512 e. The molecule has 0 atom stereocenters. The van der Waals surface area contributed by atoms with Gasteiger partial charge in [-0.3, -0.25) is 0 Å². The van der Waals surface area contributed by atoms with Crippen molar-refractivity contribution < 1.29 is 0 Å². The van der Waals surface area contributed by atoms with Gasteiger partial charge in [-0.25, -0.2) is 0 Å². The molecule has 0 bridgehead atoms.